The van der Waals surface area contributed by atoms with Gasteiger partial charge in [0.2, 0.25) is 0 Å². The molecule has 2 heterocycles. The molecule has 6 aliphatic rings. The van der Waals surface area contributed by atoms with E-state index in [0.717, 1.165) is 63.4 Å². The van der Waals surface area contributed by atoms with Crippen molar-refractivity contribution in [3.05, 3.63) is 11.6 Å². The van der Waals surface area contributed by atoms with E-state index in [1.807, 2.05) is 0 Å². The number of esters is 1. The van der Waals surface area contributed by atoms with Gasteiger partial charge in [0.15, 0.2) is 6.29 Å². The maximum absolute atomic E-state index is 12.4. The first kappa shape index (κ1) is 27.2. The molecule has 3 N–H and O–H groups in total. The molecule has 8 nitrogen and oxygen atoms in total. The van der Waals surface area contributed by atoms with E-state index in [-0.39, 0.29) is 34.7 Å². The van der Waals surface area contributed by atoms with Gasteiger partial charge < -0.3 is 34.3 Å². The lowest BCUT2D eigenvalue weighted by Crippen LogP contribution is -2.62. The van der Waals surface area contributed by atoms with Crippen LogP contribution in [0.4, 0.5) is 0 Å². The van der Waals surface area contributed by atoms with Crippen LogP contribution in [-0.2, 0) is 23.7 Å². The van der Waals surface area contributed by atoms with E-state index in [4.69, 9.17) is 18.9 Å². The Labute approximate surface area is 226 Å². The molecule has 4 aliphatic carbocycles. The van der Waals surface area contributed by atoms with Gasteiger partial charge in [-0.15, -0.1) is 0 Å². The Bertz CT molecular complexity index is 968. The summed E-state index contributed by atoms with van der Waals surface area (Å²) in [7, 11) is 1.49. The van der Waals surface area contributed by atoms with Crippen LogP contribution in [0.25, 0.3) is 0 Å². The van der Waals surface area contributed by atoms with Crippen LogP contribution in [0.1, 0.15) is 78.6 Å². The predicted octanol–water partition coefficient (Wildman–Crippen LogP) is 3.11. The number of hydrogen-bond acceptors (Lipinski definition) is 8. The molecule has 0 unspecified atom stereocenters. The fourth-order valence-corrected chi connectivity index (χ4v) is 10.1. The molecule has 0 bridgehead atoms. The third-order valence-electron chi connectivity index (χ3n) is 12.3. The van der Waals surface area contributed by atoms with Crippen molar-refractivity contribution in [3.63, 3.8) is 0 Å². The summed E-state index contributed by atoms with van der Waals surface area (Å²) in [5.41, 5.74) is 0.300. The van der Waals surface area contributed by atoms with Crippen LogP contribution in [-0.4, -0.2) is 77.4 Å². The van der Waals surface area contributed by atoms with E-state index < -0.39 is 36.3 Å². The number of ether oxygens (including phenoxy) is 4. The molecule has 214 valence electrons. The molecule has 4 saturated carbocycles. The average molecular weight is 535 g/mol. The Hall–Kier alpha value is -1.03. The normalized spacial score (nSPS) is 54.5. The summed E-state index contributed by atoms with van der Waals surface area (Å²) in [5.74, 6) is 1.22. The van der Waals surface area contributed by atoms with E-state index in [2.05, 4.69) is 13.8 Å². The molecule has 2 aliphatic heterocycles. The van der Waals surface area contributed by atoms with E-state index in [0.29, 0.717) is 18.4 Å². The summed E-state index contributed by atoms with van der Waals surface area (Å²) in [6.45, 7) is 6.87. The maximum atomic E-state index is 12.4. The molecule has 0 aromatic rings. The Morgan fingerprint density at radius 3 is 2.50 bits per heavy atom. The van der Waals surface area contributed by atoms with Crippen LogP contribution in [0.15, 0.2) is 11.6 Å². The standard InChI is InChI=1S/C30H46O8/c1-16-24(32)26(35-4)25(33)27(37-16)38-19-7-10-28(2)18(14-19)5-6-22-21(28)8-11-29(3)20(9-12-30(22,29)34)17-13-23(31)36-15-17/h13,16,18-22,24-27,32-34H,5-12,14-15H2,1-4H3/t16-,18+,19+,20+,21-,22+,24+,25-,26-,27-,28-,29+,30+/m0/s1. The van der Waals surface area contributed by atoms with Crippen molar-refractivity contribution in [2.24, 2.45) is 34.5 Å². The number of methoxy groups -OCH3 is 1. The lowest BCUT2D eigenvalue weighted by molar-refractivity contribution is -0.313. The average Bonchev–Trinajstić information content (AvgIpc) is 3.43. The number of rotatable bonds is 4. The van der Waals surface area contributed by atoms with Crippen LogP contribution in [0.2, 0.25) is 0 Å². The lowest BCUT2D eigenvalue weighted by Gasteiger charge is -2.64. The quantitative estimate of drug-likeness (QED) is 0.372. The topological polar surface area (TPSA) is 115 Å². The molecule has 13 atom stereocenters. The van der Waals surface area contributed by atoms with Crippen molar-refractivity contribution in [3.8, 4) is 0 Å². The highest BCUT2D eigenvalue weighted by molar-refractivity contribution is 5.85. The first-order valence-electron chi connectivity index (χ1n) is 14.8. The smallest absolute Gasteiger partial charge is 0.331 e. The summed E-state index contributed by atoms with van der Waals surface area (Å²) in [5, 5.41) is 33.5. The van der Waals surface area contributed by atoms with Gasteiger partial charge in [-0.25, -0.2) is 4.79 Å². The monoisotopic (exact) mass is 534 g/mol. The summed E-state index contributed by atoms with van der Waals surface area (Å²) < 4.78 is 22.8. The SMILES string of the molecule is CO[C@@H]1[C@H](O)[C@H](O[C@@H]2CC[C@@]3(C)[C@H](CC[C@@H]4[C@@H]3CC[C@]3(C)[C@@H](C5=CC(=O)OC5)CC[C@@]43O)C2)O[C@@H](C)[C@H]1O. The molecule has 0 amide bonds. The Kier molecular flexibility index (Phi) is 6.80. The predicted molar refractivity (Wildman–Crippen MR) is 138 cm³/mol. The fourth-order valence-electron chi connectivity index (χ4n) is 10.1. The molecule has 0 aromatic heterocycles. The molecule has 1 saturated heterocycles. The van der Waals surface area contributed by atoms with Crippen LogP contribution in [0.3, 0.4) is 0 Å². The zero-order valence-electron chi connectivity index (χ0n) is 23.3. The van der Waals surface area contributed by atoms with Crippen molar-refractivity contribution in [1.82, 2.24) is 0 Å². The molecule has 8 heteroatoms. The van der Waals surface area contributed by atoms with Gasteiger partial charge >= 0.3 is 5.97 Å². The first-order valence-corrected chi connectivity index (χ1v) is 14.8. The molecule has 6 rings (SSSR count). The number of fused-ring (bicyclic) bond motifs is 5. The highest BCUT2D eigenvalue weighted by Gasteiger charge is 2.67. The largest absolute Gasteiger partial charge is 0.458 e. The van der Waals surface area contributed by atoms with Gasteiger partial charge in [-0.3, -0.25) is 0 Å². The number of aliphatic hydroxyl groups excluding tert-OH is 2. The zero-order valence-corrected chi connectivity index (χ0v) is 23.3. The third kappa shape index (κ3) is 3.88. The molecular weight excluding hydrogens is 488 g/mol. The Morgan fingerprint density at radius 2 is 1.79 bits per heavy atom. The Morgan fingerprint density at radius 1 is 1.00 bits per heavy atom. The summed E-state index contributed by atoms with van der Waals surface area (Å²) >= 11 is 0. The van der Waals surface area contributed by atoms with E-state index >= 15 is 0 Å². The molecule has 5 fully saturated rings. The lowest BCUT2D eigenvalue weighted by atomic mass is 9.43. The molecular formula is C30H46O8. The number of hydrogen-bond donors (Lipinski definition) is 3. The van der Waals surface area contributed by atoms with Crippen molar-refractivity contribution in [1.29, 1.82) is 0 Å². The van der Waals surface area contributed by atoms with Crippen LogP contribution < -0.4 is 0 Å². The molecule has 38 heavy (non-hydrogen) atoms. The minimum Gasteiger partial charge on any atom is -0.458 e. The number of carbonyl (C=O) groups excluding carboxylic acids is 1. The van der Waals surface area contributed by atoms with Crippen molar-refractivity contribution in [2.45, 2.75) is 121 Å². The second-order valence-corrected chi connectivity index (χ2v) is 13.7. The van der Waals surface area contributed by atoms with Crippen molar-refractivity contribution in [2.75, 3.05) is 13.7 Å². The van der Waals surface area contributed by atoms with Crippen LogP contribution in [0, 0.1) is 34.5 Å². The highest BCUT2D eigenvalue weighted by Crippen LogP contribution is 2.70. The van der Waals surface area contributed by atoms with Crippen molar-refractivity contribution < 1.29 is 39.1 Å². The van der Waals surface area contributed by atoms with Gasteiger partial charge in [0.25, 0.3) is 0 Å². The minimum absolute atomic E-state index is 0.0103. The summed E-state index contributed by atoms with van der Waals surface area (Å²) in [6, 6.07) is 0. The number of carbonyl (C=O) groups is 1. The van der Waals surface area contributed by atoms with E-state index in [9.17, 15) is 20.1 Å². The van der Waals surface area contributed by atoms with Gasteiger partial charge in [-0.2, -0.15) is 0 Å². The second kappa shape index (κ2) is 9.52. The summed E-state index contributed by atoms with van der Waals surface area (Å²) in [4.78, 5) is 11.8. The summed E-state index contributed by atoms with van der Waals surface area (Å²) in [6.07, 6.45) is 6.45. The highest BCUT2D eigenvalue weighted by atomic mass is 16.7. The van der Waals surface area contributed by atoms with Crippen molar-refractivity contribution >= 4 is 5.97 Å². The van der Waals surface area contributed by atoms with Gasteiger partial charge in [0.05, 0.1) is 17.8 Å². The molecule has 0 spiro atoms. The number of aliphatic hydroxyl groups is 3. The first-order chi connectivity index (χ1) is 18.0. The van der Waals surface area contributed by atoms with Gasteiger partial charge in [-0.1, -0.05) is 13.8 Å². The van der Waals surface area contributed by atoms with Crippen LogP contribution >= 0.6 is 0 Å². The molecule has 0 aromatic carbocycles. The van der Waals surface area contributed by atoms with E-state index in [1.165, 1.54) is 7.11 Å². The minimum atomic E-state index is -1.04. The maximum Gasteiger partial charge on any atom is 0.331 e. The van der Waals surface area contributed by atoms with Gasteiger partial charge in [0.1, 0.15) is 24.9 Å². The van der Waals surface area contributed by atoms with E-state index in [1.54, 1.807) is 13.0 Å². The number of cyclic esters (lactones) is 1. The fraction of sp³-hybridized carbons (Fsp3) is 0.900. The molecule has 0 radical (unpaired) electrons. The Balaban J connectivity index is 1.16. The van der Waals surface area contributed by atoms with Gasteiger partial charge in [-0.05, 0) is 99.4 Å². The zero-order chi connectivity index (χ0) is 27.0. The third-order valence-corrected chi connectivity index (χ3v) is 12.3. The van der Waals surface area contributed by atoms with Gasteiger partial charge in [0, 0.05) is 18.6 Å². The van der Waals surface area contributed by atoms with Crippen LogP contribution in [0.5, 0.6) is 0 Å². The second-order valence-electron chi connectivity index (χ2n) is 13.7.